The second kappa shape index (κ2) is 8.12. The highest BCUT2D eigenvalue weighted by Crippen LogP contribution is 2.25. The van der Waals surface area contributed by atoms with Crippen molar-refractivity contribution in [1.82, 2.24) is 10.6 Å². The highest BCUT2D eigenvalue weighted by Gasteiger charge is 2.24. The molecule has 0 bridgehead atoms. The molecule has 4 nitrogen and oxygen atoms in total. The molecule has 1 heterocycles. The number of hydrogen-bond donors (Lipinski definition) is 2. The quantitative estimate of drug-likeness (QED) is 0.878. The Morgan fingerprint density at radius 2 is 2.25 bits per heavy atom. The number of rotatable bonds is 5. The van der Waals surface area contributed by atoms with E-state index in [1.165, 1.54) is 0 Å². The van der Waals surface area contributed by atoms with E-state index < -0.39 is 0 Å². The molecule has 20 heavy (non-hydrogen) atoms. The maximum Gasteiger partial charge on any atom is 0.237 e. The predicted octanol–water partition coefficient (Wildman–Crippen LogP) is 2.44. The van der Waals surface area contributed by atoms with Gasteiger partial charge in [0.15, 0.2) is 0 Å². The van der Waals surface area contributed by atoms with Gasteiger partial charge in [-0.1, -0.05) is 18.2 Å². The number of nitrogens with one attached hydrogen (secondary N) is 2. The standard InChI is InChI=1S/C15H22N2O2.ClH/c1-3-19-14-9-5-4-7-12(14)11(2)17-15(18)13-8-6-10-16-13;/h4-5,7,9,11,13,16H,3,6,8,10H2,1-2H3,(H,17,18);1H. The Morgan fingerprint density at radius 3 is 2.90 bits per heavy atom. The number of halogens is 1. The van der Waals surface area contributed by atoms with Gasteiger partial charge in [-0.2, -0.15) is 0 Å². The van der Waals surface area contributed by atoms with E-state index in [9.17, 15) is 4.79 Å². The van der Waals surface area contributed by atoms with Gasteiger partial charge in [0.25, 0.3) is 0 Å². The van der Waals surface area contributed by atoms with Crippen LogP contribution in [0.5, 0.6) is 5.75 Å². The monoisotopic (exact) mass is 298 g/mol. The number of benzene rings is 1. The second-order valence-electron chi connectivity index (χ2n) is 4.85. The van der Waals surface area contributed by atoms with Crippen LogP contribution in [0.2, 0.25) is 0 Å². The Morgan fingerprint density at radius 1 is 1.50 bits per heavy atom. The predicted molar refractivity (Wildman–Crippen MR) is 82.4 cm³/mol. The molecule has 2 N–H and O–H groups in total. The largest absolute Gasteiger partial charge is 0.494 e. The molecule has 1 amide bonds. The molecule has 0 aromatic heterocycles. The fraction of sp³-hybridized carbons (Fsp3) is 0.533. The summed E-state index contributed by atoms with van der Waals surface area (Å²) in [5, 5.41) is 6.27. The van der Waals surface area contributed by atoms with Crippen molar-refractivity contribution in [3.63, 3.8) is 0 Å². The van der Waals surface area contributed by atoms with Crippen LogP contribution in [0.1, 0.15) is 38.3 Å². The first-order valence-electron chi connectivity index (χ1n) is 6.98. The van der Waals surface area contributed by atoms with Gasteiger partial charge in [0, 0.05) is 5.56 Å². The fourth-order valence-corrected chi connectivity index (χ4v) is 2.43. The Balaban J connectivity index is 0.00000200. The minimum absolute atomic E-state index is 0. The van der Waals surface area contributed by atoms with Crippen LogP contribution in [0.15, 0.2) is 24.3 Å². The minimum atomic E-state index is -0.0438. The van der Waals surface area contributed by atoms with E-state index in [1.807, 2.05) is 38.1 Å². The van der Waals surface area contributed by atoms with E-state index in [2.05, 4.69) is 10.6 Å². The number of ether oxygens (including phenoxy) is 1. The molecule has 1 fully saturated rings. The third kappa shape index (κ3) is 4.12. The van der Waals surface area contributed by atoms with Gasteiger partial charge in [-0.05, 0) is 39.3 Å². The molecule has 1 aromatic rings. The molecule has 0 saturated carbocycles. The lowest BCUT2D eigenvalue weighted by molar-refractivity contribution is -0.123. The number of carbonyl (C=O) groups is 1. The summed E-state index contributed by atoms with van der Waals surface area (Å²) in [6.45, 7) is 5.51. The molecule has 2 unspecified atom stereocenters. The molecule has 2 rings (SSSR count). The summed E-state index contributed by atoms with van der Waals surface area (Å²) in [5.41, 5.74) is 1.02. The smallest absolute Gasteiger partial charge is 0.237 e. The third-order valence-corrected chi connectivity index (χ3v) is 3.42. The van der Waals surface area contributed by atoms with Crippen LogP contribution in [0, 0.1) is 0 Å². The maximum atomic E-state index is 12.1. The molecule has 0 spiro atoms. The molecule has 1 aliphatic rings. The molecular weight excluding hydrogens is 276 g/mol. The number of para-hydroxylation sites is 1. The van der Waals surface area contributed by atoms with Gasteiger partial charge in [-0.15, -0.1) is 12.4 Å². The van der Waals surface area contributed by atoms with Gasteiger partial charge in [0.1, 0.15) is 5.75 Å². The fourth-order valence-electron chi connectivity index (χ4n) is 2.43. The zero-order valence-electron chi connectivity index (χ0n) is 12.0. The van der Waals surface area contributed by atoms with Gasteiger partial charge < -0.3 is 15.4 Å². The van der Waals surface area contributed by atoms with Crippen LogP contribution >= 0.6 is 12.4 Å². The van der Waals surface area contributed by atoms with Gasteiger partial charge >= 0.3 is 0 Å². The third-order valence-electron chi connectivity index (χ3n) is 3.42. The van der Waals surface area contributed by atoms with Crippen molar-refractivity contribution >= 4 is 18.3 Å². The molecule has 1 aromatic carbocycles. The Bertz CT molecular complexity index is 434. The van der Waals surface area contributed by atoms with Crippen LogP contribution in [0.3, 0.4) is 0 Å². The van der Waals surface area contributed by atoms with E-state index in [0.29, 0.717) is 6.61 Å². The van der Waals surface area contributed by atoms with Crippen molar-refractivity contribution in [1.29, 1.82) is 0 Å². The summed E-state index contributed by atoms with van der Waals surface area (Å²) in [6.07, 6.45) is 1.99. The van der Waals surface area contributed by atoms with E-state index in [0.717, 1.165) is 30.7 Å². The van der Waals surface area contributed by atoms with Gasteiger partial charge in [0.05, 0.1) is 18.7 Å². The van der Waals surface area contributed by atoms with Crippen LogP contribution in [0.4, 0.5) is 0 Å². The van der Waals surface area contributed by atoms with Gasteiger partial charge in [0.2, 0.25) is 5.91 Å². The lowest BCUT2D eigenvalue weighted by atomic mass is 10.1. The van der Waals surface area contributed by atoms with Gasteiger partial charge in [-0.3, -0.25) is 4.79 Å². The van der Waals surface area contributed by atoms with E-state index in [4.69, 9.17) is 4.74 Å². The van der Waals surface area contributed by atoms with E-state index in [1.54, 1.807) is 0 Å². The first-order chi connectivity index (χ1) is 9.22. The van der Waals surface area contributed by atoms with Crippen LogP contribution in [0.25, 0.3) is 0 Å². The molecule has 112 valence electrons. The second-order valence-corrected chi connectivity index (χ2v) is 4.85. The zero-order valence-corrected chi connectivity index (χ0v) is 12.8. The zero-order chi connectivity index (χ0) is 13.7. The first-order valence-corrected chi connectivity index (χ1v) is 6.98. The molecule has 5 heteroatoms. The molecule has 1 saturated heterocycles. The molecule has 2 atom stereocenters. The average molecular weight is 299 g/mol. The Kier molecular flexibility index (Phi) is 6.82. The van der Waals surface area contributed by atoms with E-state index >= 15 is 0 Å². The lowest BCUT2D eigenvalue weighted by Crippen LogP contribution is -2.41. The van der Waals surface area contributed by atoms with Crippen molar-refractivity contribution in [3.8, 4) is 5.75 Å². The highest BCUT2D eigenvalue weighted by molar-refractivity contribution is 5.85. The molecule has 0 aliphatic carbocycles. The van der Waals surface area contributed by atoms with Crippen LogP contribution in [-0.2, 0) is 4.79 Å². The Hall–Kier alpha value is -1.26. The number of hydrogen-bond acceptors (Lipinski definition) is 3. The number of amides is 1. The van der Waals surface area contributed by atoms with Crippen molar-refractivity contribution in [2.45, 2.75) is 38.8 Å². The SMILES string of the molecule is CCOc1ccccc1C(C)NC(=O)C1CCCN1.Cl. The summed E-state index contributed by atoms with van der Waals surface area (Å²) < 4.78 is 5.60. The topological polar surface area (TPSA) is 50.4 Å². The maximum absolute atomic E-state index is 12.1. The Labute approximate surface area is 126 Å². The summed E-state index contributed by atoms with van der Waals surface area (Å²) in [6, 6.07) is 7.77. The number of carbonyl (C=O) groups excluding carboxylic acids is 1. The molecular formula is C15H23ClN2O2. The molecule has 1 aliphatic heterocycles. The minimum Gasteiger partial charge on any atom is -0.494 e. The lowest BCUT2D eigenvalue weighted by Gasteiger charge is -2.20. The van der Waals surface area contributed by atoms with Gasteiger partial charge in [-0.25, -0.2) is 0 Å². The summed E-state index contributed by atoms with van der Waals surface area (Å²) >= 11 is 0. The van der Waals surface area contributed by atoms with Crippen molar-refractivity contribution in [3.05, 3.63) is 29.8 Å². The average Bonchev–Trinajstić information content (AvgIpc) is 2.93. The summed E-state index contributed by atoms with van der Waals surface area (Å²) in [5.74, 6) is 0.925. The summed E-state index contributed by atoms with van der Waals surface area (Å²) in [4.78, 5) is 12.1. The molecule has 0 radical (unpaired) electrons. The van der Waals surface area contributed by atoms with Crippen molar-refractivity contribution < 1.29 is 9.53 Å². The van der Waals surface area contributed by atoms with Crippen LogP contribution < -0.4 is 15.4 Å². The van der Waals surface area contributed by atoms with E-state index in [-0.39, 0.29) is 30.4 Å². The van der Waals surface area contributed by atoms with Crippen molar-refractivity contribution in [2.24, 2.45) is 0 Å². The van der Waals surface area contributed by atoms with Crippen molar-refractivity contribution in [2.75, 3.05) is 13.2 Å². The summed E-state index contributed by atoms with van der Waals surface area (Å²) in [7, 11) is 0. The highest BCUT2D eigenvalue weighted by atomic mass is 35.5. The van der Waals surface area contributed by atoms with Crippen LogP contribution in [-0.4, -0.2) is 25.1 Å². The first kappa shape index (κ1) is 16.8. The normalized spacial score (nSPS) is 19.0.